The normalized spacial score (nSPS) is 10.0. The Morgan fingerprint density at radius 3 is 2.65 bits per heavy atom. The van der Waals surface area contributed by atoms with Crippen LogP contribution in [0.25, 0.3) is 0 Å². The molecule has 0 heterocycles. The Labute approximate surface area is 130 Å². The molecule has 0 spiro atoms. The van der Waals surface area contributed by atoms with Crippen molar-refractivity contribution in [2.75, 3.05) is 19.0 Å². The molecule has 2 aromatic carbocycles. The molecule has 0 bridgehead atoms. The summed E-state index contributed by atoms with van der Waals surface area (Å²) < 4.78 is 23.7. The lowest BCUT2D eigenvalue weighted by atomic mass is 10.3. The Balaban J connectivity index is 2.05. The van der Waals surface area contributed by atoms with Crippen molar-refractivity contribution in [3.63, 3.8) is 0 Å². The topological polar surface area (TPSA) is 90.7 Å². The number of hydrogen-bond acceptors (Lipinski definition) is 5. The minimum atomic E-state index is -0.608. The average Bonchev–Trinajstić information content (AvgIpc) is 2.54. The summed E-state index contributed by atoms with van der Waals surface area (Å²) in [5.74, 6) is -0.892. The summed E-state index contributed by atoms with van der Waals surface area (Å²) in [5, 5.41) is 13.1. The van der Waals surface area contributed by atoms with E-state index in [1.165, 1.54) is 37.4 Å². The number of nitrogens with one attached hydrogen (secondary N) is 1. The van der Waals surface area contributed by atoms with Crippen LogP contribution in [-0.4, -0.2) is 24.5 Å². The number of nitro groups is 1. The second-order valence-electron chi connectivity index (χ2n) is 4.41. The zero-order valence-electron chi connectivity index (χ0n) is 12.1. The van der Waals surface area contributed by atoms with E-state index < -0.39 is 23.3 Å². The van der Waals surface area contributed by atoms with Crippen molar-refractivity contribution in [1.29, 1.82) is 0 Å². The molecule has 0 fully saturated rings. The number of non-ortho nitro benzene ring substituents is 1. The molecule has 0 atom stereocenters. The molecule has 0 aliphatic heterocycles. The Kier molecular flexibility index (Phi) is 5.08. The van der Waals surface area contributed by atoms with Crippen molar-refractivity contribution >= 4 is 17.3 Å². The van der Waals surface area contributed by atoms with Crippen molar-refractivity contribution in [1.82, 2.24) is 0 Å². The molecule has 8 heteroatoms. The SMILES string of the molecule is COc1ccc([N+](=O)[O-])cc1OCC(=O)Nc1ccccc1F. The lowest BCUT2D eigenvalue weighted by molar-refractivity contribution is -0.385. The van der Waals surface area contributed by atoms with Crippen LogP contribution >= 0.6 is 0 Å². The zero-order valence-corrected chi connectivity index (χ0v) is 12.1. The number of amides is 1. The van der Waals surface area contributed by atoms with Crippen LogP contribution in [0.15, 0.2) is 42.5 Å². The van der Waals surface area contributed by atoms with Crippen molar-refractivity contribution in [2.24, 2.45) is 0 Å². The molecule has 0 saturated carbocycles. The highest BCUT2D eigenvalue weighted by Gasteiger charge is 2.14. The van der Waals surface area contributed by atoms with Gasteiger partial charge in [-0.05, 0) is 18.2 Å². The molecule has 0 aliphatic carbocycles. The van der Waals surface area contributed by atoms with E-state index in [-0.39, 0.29) is 22.9 Å². The van der Waals surface area contributed by atoms with Crippen LogP contribution in [0.2, 0.25) is 0 Å². The van der Waals surface area contributed by atoms with E-state index in [1.54, 1.807) is 6.07 Å². The molecule has 0 aromatic heterocycles. The molecule has 23 heavy (non-hydrogen) atoms. The van der Waals surface area contributed by atoms with Gasteiger partial charge in [0.05, 0.1) is 23.8 Å². The highest BCUT2D eigenvalue weighted by molar-refractivity contribution is 5.92. The van der Waals surface area contributed by atoms with E-state index in [9.17, 15) is 19.3 Å². The minimum Gasteiger partial charge on any atom is -0.493 e. The largest absolute Gasteiger partial charge is 0.493 e. The van der Waals surface area contributed by atoms with Crippen LogP contribution in [0.1, 0.15) is 0 Å². The van der Waals surface area contributed by atoms with Crippen LogP contribution in [0.3, 0.4) is 0 Å². The number of para-hydroxylation sites is 1. The second kappa shape index (κ2) is 7.21. The van der Waals surface area contributed by atoms with Gasteiger partial charge < -0.3 is 14.8 Å². The first-order valence-electron chi connectivity index (χ1n) is 6.51. The van der Waals surface area contributed by atoms with Gasteiger partial charge in [-0.25, -0.2) is 4.39 Å². The maximum Gasteiger partial charge on any atom is 0.273 e. The molecular weight excluding hydrogens is 307 g/mol. The Hall–Kier alpha value is -3.16. The van der Waals surface area contributed by atoms with Crippen LogP contribution in [0.4, 0.5) is 15.8 Å². The van der Waals surface area contributed by atoms with E-state index >= 15 is 0 Å². The van der Waals surface area contributed by atoms with Gasteiger partial charge in [0, 0.05) is 6.07 Å². The van der Waals surface area contributed by atoms with Crippen molar-refractivity contribution in [3.05, 3.63) is 58.4 Å². The lowest BCUT2D eigenvalue weighted by Crippen LogP contribution is -2.21. The average molecular weight is 320 g/mol. The van der Waals surface area contributed by atoms with E-state index in [0.717, 1.165) is 6.07 Å². The van der Waals surface area contributed by atoms with Crippen molar-refractivity contribution in [2.45, 2.75) is 0 Å². The first-order chi connectivity index (χ1) is 11.0. The molecule has 1 N–H and O–H groups in total. The summed E-state index contributed by atoms with van der Waals surface area (Å²) in [6, 6.07) is 9.45. The maximum atomic E-state index is 13.4. The molecule has 2 aromatic rings. The van der Waals surface area contributed by atoms with Crippen molar-refractivity contribution < 1.29 is 23.6 Å². The van der Waals surface area contributed by atoms with Crippen molar-refractivity contribution in [3.8, 4) is 11.5 Å². The number of carbonyl (C=O) groups excluding carboxylic acids is 1. The Bertz CT molecular complexity index is 736. The first-order valence-corrected chi connectivity index (χ1v) is 6.51. The number of anilines is 1. The number of nitro benzene ring substituents is 1. The number of rotatable bonds is 6. The zero-order chi connectivity index (χ0) is 16.8. The number of halogens is 1. The molecule has 0 aliphatic rings. The Morgan fingerprint density at radius 2 is 2.00 bits per heavy atom. The molecule has 1 amide bonds. The molecule has 0 unspecified atom stereocenters. The van der Waals surface area contributed by atoms with Gasteiger partial charge in [-0.1, -0.05) is 12.1 Å². The number of nitrogens with zero attached hydrogens (tertiary/aromatic N) is 1. The molecule has 0 saturated heterocycles. The lowest BCUT2D eigenvalue weighted by Gasteiger charge is -2.11. The standard InChI is InChI=1S/C15H13FN2O5/c1-22-13-7-6-10(18(20)21)8-14(13)23-9-15(19)17-12-5-3-2-4-11(12)16/h2-8H,9H2,1H3,(H,17,19). The second-order valence-corrected chi connectivity index (χ2v) is 4.41. The summed E-state index contributed by atoms with van der Waals surface area (Å²) >= 11 is 0. The maximum absolute atomic E-state index is 13.4. The minimum absolute atomic E-state index is 0.0205. The van der Waals surface area contributed by atoms with Gasteiger partial charge in [-0.15, -0.1) is 0 Å². The summed E-state index contributed by atoms with van der Waals surface area (Å²) in [4.78, 5) is 21.9. The van der Waals surface area contributed by atoms with Gasteiger partial charge in [0.25, 0.3) is 11.6 Å². The predicted octanol–water partition coefficient (Wildman–Crippen LogP) is 2.76. The fraction of sp³-hybridized carbons (Fsp3) is 0.133. The molecular formula is C15H13FN2O5. The highest BCUT2D eigenvalue weighted by atomic mass is 19.1. The van der Waals surface area contributed by atoms with Crippen LogP contribution in [-0.2, 0) is 4.79 Å². The Morgan fingerprint density at radius 1 is 1.26 bits per heavy atom. The summed E-state index contributed by atoms with van der Waals surface area (Å²) in [7, 11) is 1.37. The molecule has 7 nitrogen and oxygen atoms in total. The summed E-state index contributed by atoms with van der Waals surface area (Å²) in [5.41, 5.74) is -0.178. The third-order valence-electron chi connectivity index (χ3n) is 2.86. The molecule has 2 rings (SSSR count). The van der Waals surface area contributed by atoms with E-state index in [4.69, 9.17) is 9.47 Å². The predicted molar refractivity (Wildman–Crippen MR) is 80.2 cm³/mol. The number of methoxy groups -OCH3 is 1. The molecule has 0 radical (unpaired) electrons. The fourth-order valence-electron chi connectivity index (χ4n) is 1.78. The monoisotopic (exact) mass is 320 g/mol. The fourth-order valence-corrected chi connectivity index (χ4v) is 1.78. The third-order valence-corrected chi connectivity index (χ3v) is 2.86. The number of ether oxygens (including phenoxy) is 2. The van der Waals surface area contributed by atoms with Gasteiger partial charge in [-0.2, -0.15) is 0 Å². The van der Waals surface area contributed by atoms with Gasteiger partial charge in [-0.3, -0.25) is 14.9 Å². The van der Waals surface area contributed by atoms with E-state index in [0.29, 0.717) is 0 Å². The van der Waals surface area contributed by atoms with Gasteiger partial charge in [0.2, 0.25) is 0 Å². The first kappa shape index (κ1) is 16.2. The quantitative estimate of drug-likeness (QED) is 0.653. The van der Waals surface area contributed by atoms with E-state index in [1.807, 2.05) is 0 Å². The van der Waals surface area contributed by atoms with Gasteiger partial charge >= 0.3 is 0 Å². The van der Waals surface area contributed by atoms with Crippen LogP contribution in [0.5, 0.6) is 11.5 Å². The summed E-state index contributed by atoms with van der Waals surface area (Å²) in [6.07, 6.45) is 0. The molecule has 120 valence electrons. The van der Waals surface area contributed by atoms with Crippen LogP contribution < -0.4 is 14.8 Å². The van der Waals surface area contributed by atoms with Crippen LogP contribution in [0, 0.1) is 15.9 Å². The number of hydrogen-bond donors (Lipinski definition) is 1. The van der Waals surface area contributed by atoms with E-state index in [2.05, 4.69) is 5.32 Å². The number of benzene rings is 2. The number of carbonyl (C=O) groups is 1. The van der Waals surface area contributed by atoms with Gasteiger partial charge in [0.1, 0.15) is 5.82 Å². The summed E-state index contributed by atoms with van der Waals surface area (Å²) in [6.45, 7) is -0.453. The highest BCUT2D eigenvalue weighted by Crippen LogP contribution is 2.31. The van der Waals surface area contributed by atoms with Gasteiger partial charge in [0.15, 0.2) is 18.1 Å². The third kappa shape index (κ3) is 4.16. The smallest absolute Gasteiger partial charge is 0.273 e.